The van der Waals surface area contributed by atoms with Crippen LogP contribution in [0.15, 0.2) is 97.1 Å². The van der Waals surface area contributed by atoms with Gasteiger partial charge in [0, 0.05) is 0 Å². The standard InChI is InChI=1S/C29H28/c1-20-10-8-9-13-27(20)23(4)24-14-16-26(17-15-24)29-19-21(2)28(18-22(29)3)25-11-6-5-7-12-25/h5-17,19,22H,4,18H2,1-3H3. The molecule has 0 bridgehead atoms. The maximum Gasteiger partial charge on any atom is -0.0144 e. The Kier molecular flexibility index (Phi) is 5.36. The Morgan fingerprint density at radius 3 is 2.14 bits per heavy atom. The maximum absolute atomic E-state index is 4.35. The third kappa shape index (κ3) is 3.89. The van der Waals surface area contributed by atoms with Crippen molar-refractivity contribution in [3.63, 3.8) is 0 Å². The first kappa shape index (κ1) is 19.2. The molecule has 0 saturated carbocycles. The van der Waals surface area contributed by atoms with Crippen molar-refractivity contribution in [3.8, 4) is 0 Å². The summed E-state index contributed by atoms with van der Waals surface area (Å²) < 4.78 is 0. The quantitative estimate of drug-likeness (QED) is 0.433. The third-order valence-corrected chi connectivity index (χ3v) is 6.05. The molecule has 0 aromatic heterocycles. The maximum atomic E-state index is 4.35. The number of benzene rings is 3. The lowest BCUT2D eigenvalue weighted by Crippen LogP contribution is -2.07. The zero-order valence-corrected chi connectivity index (χ0v) is 17.6. The van der Waals surface area contributed by atoms with Crippen LogP contribution in [0.3, 0.4) is 0 Å². The Morgan fingerprint density at radius 2 is 1.45 bits per heavy atom. The van der Waals surface area contributed by atoms with Crippen LogP contribution < -0.4 is 0 Å². The molecule has 0 nitrogen and oxygen atoms in total. The molecule has 0 fully saturated rings. The number of hydrogen-bond acceptors (Lipinski definition) is 0. The normalized spacial score (nSPS) is 16.5. The highest BCUT2D eigenvalue weighted by Gasteiger charge is 2.20. The predicted molar refractivity (Wildman–Crippen MR) is 127 cm³/mol. The smallest absolute Gasteiger partial charge is 0.0144 e. The van der Waals surface area contributed by atoms with Crippen molar-refractivity contribution in [2.75, 3.05) is 0 Å². The monoisotopic (exact) mass is 376 g/mol. The van der Waals surface area contributed by atoms with E-state index >= 15 is 0 Å². The van der Waals surface area contributed by atoms with Crippen molar-refractivity contribution < 1.29 is 0 Å². The molecule has 144 valence electrons. The van der Waals surface area contributed by atoms with E-state index in [-0.39, 0.29) is 0 Å². The first-order chi connectivity index (χ1) is 14.0. The summed E-state index contributed by atoms with van der Waals surface area (Å²) in [5.74, 6) is 0.499. The molecule has 0 radical (unpaired) electrons. The van der Waals surface area contributed by atoms with E-state index in [1.165, 1.54) is 44.5 Å². The molecule has 29 heavy (non-hydrogen) atoms. The molecule has 0 spiro atoms. The summed E-state index contributed by atoms with van der Waals surface area (Å²) in [6.45, 7) is 11.1. The van der Waals surface area contributed by atoms with Crippen LogP contribution in [0.25, 0.3) is 16.7 Å². The van der Waals surface area contributed by atoms with Crippen LogP contribution in [0.1, 0.15) is 48.1 Å². The average molecular weight is 377 g/mol. The van der Waals surface area contributed by atoms with Crippen molar-refractivity contribution in [1.82, 2.24) is 0 Å². The molecule has 1 unspecified atom stereocenters. The van der Waals surface area contributed by atoms with Crippen molar-refractivity contribution in [3.05, 3.63) is 125 Å². The van der Waals surface area contributed by atoms with E-state index in [0.29, 0.717) is 5.92 Å². The van der Waals surface area contributed by atoms with E-state index < -0.39 is 0 Å². The number of aryl methyl sites for hydroxylation is 1. The largest absolute Gasteiger partial charge is 0.0905 e. The third-order valence-electron chi connectivity index (χ3n) is 6.05. The van der Waals surface area contributed by atoms with E-state index in [9.17, 15) is 0 Å². The highest BCUT2D eigenvalue weighted by Crippen LogP contribution is 2.39. The van der Waals surface area contributed by atoms with Gasteiger partial charge in [-0.25, -0.2) is 0 Å². The number of rotatable bonds is 4. The van der Waals surface area contributed by atoms with Gasteiger partial charge in [0.05, 0.1) is 0 Å². The van der Waals surface area contributed by atoms with Crippen LogP contribution >= 0.6 is 0 Å². The van der Waals surface area contributed by atoms with Crippen LogP contribution in [0, 0.1) is 12.8 Å². The van der Waals surface area contributed by atoms with Crippen molar-refractivity contribution >= 4 is 16.7 Å². The predicted octanol–water partition coefficient (Wildman–Crippen LogP) is 7.95. The Hall–Kier alpha value is -3.12. The van der Waals surface area contributed by atoms with E-state index in [0.717, 1.165) is 12.0 Å². The molecule has 0 saturated heterocycles. The van der Waals surface area contributed by atoms with Crippen LogP contribution in [0.5, 0.6) is 0 Å². The topological polar surface area (TPSA) is 0 Å². The fraction of sp³-hybridized carbons (Fsp3) is 0.172. The Bertz CT molecular complexity index is 1090. The van der Waals surface area contributed by atoms with Crippen LogP contribution in [0.2, 0.25) is 0 Å². The van der Waals surface area contributed by atoms with Gasteiger partial charge >= 0.3 is 0 Å². The van der Waals surface area contributed by atoms with Crippen LogP contribution in [-0.4, -0.2) is 0 Å². The molecule has 1 atom stereocenters. The molecular formula is C29H28. The van der Waals surface area contributed by atoms with Gasteiger partial charge in [0.2, 0.25) is 0 Å². The highest BCUT2D eigenvalue weighted by atomic mass is 14.2. The fourth-order valence-electron chi connectivity index (χ4n) is 4.32. The Labute approximate surface area is 174 Å². The molecule has 4 rings (SSSR count). The van der Waals surface area contributed by atoms with Gasteiger partial charge in [-0.05, 0) is 76.3 Å². The molecule has 0 N–H and O–H groups in total. The van der Waals surface area contributed by atoms with Crippen molar-refractivity contribution in [2.24, 2.45) is 5.92 Å². The molecule has 0 heteroatoms. The molecule has 0 heterocycles. The van der Waals surface area contributed by atoms with Crippen LogP contribution in [-0.2, 0) is 0 Å². The van der Waals surface area contributed by atoms with Gasteiger partial charge < -0.3 is 0 Å². The second-order valence-corrected chi connectivity index (χ2v) is 8.10. The minimum atomic E-state index is 0.499. The zero-order valence-electron chi connectivity index (χ0n) is 17.6. The summed E-state index contributed by atoms with van der Waals surface area (Å²) in [6, 6.07) is 28.1. The number of allylic oxidation sites excluding steroid dienone is 4. The minimum Gasteiger partial charge on any atom is -0.0905 e. The zero-order chi connectivity index (χ0) is 20.4. The molecule has 3 aromatic carbocycles. The van der Waals surface area contributed by atoms with E-state index in [4.69, 9.17) is 0 Å². The van der Waals surface area contributed by atoms with Gasteiger partial charge in [0.25, 0.3) is 0 Å². The summed E-state index contributed by atoms with van der Waals surface area (Å²) in [6.07, 6.45) is 3.46. The second kappa shape index (κ2) is 8.09. The highest BCUT2D eigenvalue weighted by molar-refractivity contribution is 5.84. The van der Waals surface area contributed by atoms with E-state index in [1.807, 2.05) is 0 Å². The first-order valence-electron chi connectivity index (χ1n) is 10.4. The molecular weight excluding hydrogens is 348 g/mol. The summed E-state index contributed by atoms with van der Waals surface area (Å²) in [7, 11) is 0. The molecule has 1 aliphatic rings. The van der Waals surface area contributed by atoms with Gasteiger partial charge in [-0.1, -0.05) is 98.4 Å². The van der Waals surface area contributed by atoms with E-state index in [2.05, 4.69) is 112 Å². The molecule has 1 aliphatic carbocycles. The lowest BCUT2D eigenvalue weighted by atomic mass is 9.79. The average Bonchev–Trinajstić information content (AvgIpc) is 2.76. The van der Waals surface area contributed by atoms with E-state index in [1.54, 1.807) is 0 Å². The Morgan fingerprint density at radius 1 is 0.793 bits per heavy atom. The molecule has 3 aromatic rings. The number of hydrogen-bond donors (Lipinski definition) is 0. The molecule has 0 aliphatic heterocycles. The van der Waals surface area contributed by atoms with Crippen LogP contribution in [0.4, 0.5) is 0 Å². The van der Waals surface area contributed by atoms with Gasteiger partial charge in [-0.15, -0.1) is 0 Å². The SMILES string of the molecule is C=C(c1ccc(C2=CC(C)=C(c3ccccc3)CC2C)cc1)c1ccccc1C. The summed E-state index contributed by atoms with van der Waals surface area (Å²) in [5, 5.41) is 0. The second-order valence-electron chi connectivity index (χ2n) is 8.10. The summed E-state index contributed by atoms with van der Waals surface area (Å²) in [5.41, 5.74) is 11.7. The van der Waals surface area contributed by atoms with Crippen molar-refractivity contribution in [1.29, 1.82) is 0 Å². The fourth-order valence-corrected chi connectivity index (χ4v) is 4.32. The summed E-state index contributed by atoms with van der Waals surface area (Å²) >= 11 is 0. The van der Waals surface area contributed by atoms with Crippen molar-refractivity contribution in [2.45, 2.75) is 27.2 Å². The lowest BCUT2D eigenvalue weighted by molar-refractivity contribution is 0.766. The first-order valence-corrected chi connectivity index (χ1v) is 10.4. The Balaban J connectivity index is 1.63. The van der Waals surface area contributed by atoms with Gasteiger partial charge in [0.1, 0.15) is 0 Å². The minimum absolute atomic E-state index is 0.499. The lowest BCUT2D eigenvalue weighted by Gasteiger charge is -2.25. The molecule has 0 amide bonds. The van der Waals surface area contributed by atoms with Gasteiger partial charge in [-0.2, -0.15) is 0 Å². The summed E-state index contributed by atoms with van der Waals surface area (Å²) in [4.78, 5) is 0. The van der Waals surface area contributed by atoms with Gasteiger partial charge in [0.15, 0.2) is 0 Å². The van der Waals surface area contributed by atoms with Gasteiger partial charge in [-0.3, -0.25) is 0 Å².